The van der Waals surface area contributed by atoms with Crippen molar-refractivity contribution in [3.05, 3.63) is 0 Å². The van der Waals surface area contributed by atoms with Gasteiger partial charge in [0.1, 0.15) is 0 Å². The molecule has 2 heteroatoms. The minimum atomic E-state index is 0.599. The smallest absolute Gasteiger partial charge is 0.0619 e. The van der Waals surface area contributed by atoms with Crippen molar-refractivity contribution in [2.75, 3.05) is 19.8 Å². The van der Waals surface area contributed by atoms with Crippen LogP contribution in [0.4, 0.5) is 0 Å². The third kappa shape index (κ3) is 2.46. The summed E-state index contributed by atoms with van der Waals surface area (Å²) < 4.78 is 5.49. The van der Waals surface area contributed by atoms with Crippen LogP contribution in [0.3, 0.4) is 0 Å². The largest absolute Gasteiger partial charge is 0.380 e. The third-order valence-corrected chi connectivity index (χ3v) is 2.79. The van der Waals surface area contributed by atoms with E-state index in [1.54, 1.807) is 0 Å². The molecule has 1 saturated heterocycles. The van der Waals surface area contributed by atoms with Crippen molar-refractivity contribution >= 4 is 0 Å². The van der Waals surface area contributed by atoms with Gasteiger partial charge in [-0.25, -0.2) is 0 Å². The summed E-state index contributed by atoms with van der Waals surface area (Å²) >= 11 is 0. The van der Waals surface area contributed by atoms with Gasteiger partial charge in [0.15, 0.2) is 0 Å². The summed E-state index contributed by atoms with van der Waals surface area (Å²) in [6, 6.07) is 1.31. The summed E-state index contributed by atoms with van der Waals surface area (Å²) in [6.45, 7) is 9.88. The lowest BCUT2D eigenvalue weighted by Crippen LogP contribution is -2.41. The molecule has 1 rings (SSSR count). The molecule has 72 valence electrons. The Bertz CT molecular complexity index is 127. The van der Waals surface area contributed by atoms with E-state index >= 15 is 0 Å². The highest BCUT2D eigenvalue weighted by Crippen LogP contribution is 2.12. The van der Waals surface area contributed by atoms with Crippen molar-refractivity contribution in [1.82, 2.24) is 4.90 Å². The lowest BCUT2D eigenvalue weighted by molar-refractivity contribution is 0.0911. The van der Waals surface area contributed by atoms with E-state index in [0.29, 0.717) is 12.1 Å². The Morgan fingerprint density at radius 2 is 2.33 bits per heavy atom. The Morgan fingerprint density at radius 3 is 3.00 bits per heavy atom. The molecule has 1 aliphatic rings. The van der Waals surface area contributed by atoms with Crippen LogP contribution in [0.2, 0.25) is 0 Å². The van der Waals surface area contributed by atoms with Gasteiger partial charge in [-0.05, 0) is 26.7 Å². The number of rotatable bonds is 2. The van der Waals surface area contributed by atoms with Crippen molar-refractivity contribution in [3.8, 4) is 0 Å². The van der Waals surface area contributed by atoms with Gasteiger partial charge in [0.2, 0.25) is 0 Å². The average molecular weight is 171 g/mol. The van der Waals surface area contributed by atoms with E-state index in [9.17, 15) is 0 Å². The molecule has 2 atom stereocenters. The van der Waals surface area contributed by atoms with Crippen LogP contribution in [-0.4, -0.2) is 36.7 Å². The molecule has 0 saturated carbocycles. The summed E-state index contributed by atoms with van der Waals surface area (Å²) in [4.78, 5) is 2.56. The van der Waals surface area contributed by atoms with Crippen LogP contribution in [0.1, 0.15) is 33.6 Å². The average Bonchev–Trinajstić information content (AvgIpc) is 2.28. The van der Waals surface area contributed by atoms with Crippen molar-refractivity contribution in [2.45, 2.75) is 45.7 Å². The minimum absolute atomic E-state index is 0.599. The fraction of sp³-hybridized carbons (Fsp3) is 1.00. The SMILES string of the molecule is CCC(C)N1CCCOCC1C. The Hall–Kier alpha value is -0.0800. The van der Waals surface area contributed by atoms with Crippen LogP contribution < -0.4 is 0 Å². The van der Waals surface area contributed by atoms with E-state index in [4.69, 9.17) is 4.74 Å². The first-order chi connectivity index (χ1) is 5.75. The molecule has 0 N–H and O–H groups in total. The molecule has 0 amide bonds. The quantitative estimate of drug-likeness (QED) is 0.629. The normalized spacial score (nSPS) is 29.8. The molecular formula is C10H21NO. The highest BCUT2D eigenvalue weighted by molar-refractivity contribution is 4.74. The molecule has 1 aliphatic heterocycles. The number of hydrogen-bond donors (Lipinski definition) is 0. The third-order valence-electron chi connectivity index (χ3n) is 2.79. The van der Waals surface area contributed by atoms with Crippen molar-refractivity contribution in [2.24, 2.45) is 0 Å². The van der Waals surface area contributed by atoms with Gasteiger partial charge in [0, 0.05) is 25.2 Å². The Morgan fingerprint density at radius 1 is 1.58 bits per heavy atom. The zero-order chi connectivity index (χ0) is 8.97. The lowest BCUT2D eigenvalue weighted by Gasteiger charge is -2.31. The maximum atomic E-state index is 5.49. The molecule has 1 heterocycles. The molecule has 2 nitrogen and oxygen atoms in total. The van der Waals surface area contributed by atoms with Crippen LogP contribution in [0, 0.1) is 0 Å². The van der Waals surface area contributed by atoms with Crippen molar-refractivity contribution in [3.63, 3.8) is 0 Å². The summed E-state index contributed by atoms with van der Waals surface area (Å²) in [5.41, 5.74) is 0. The molecule has 0 aromatic heterocycles. The topological polar surface area (TPSA) is 12.5 Å². The van der Waals surface area contributed by atoms with E-state index in [-0.39, 0.29) is 0 Å². The molecule has 12 heavy (non-hydrogen) atoms. The van der Waals surface area contributed by atoms with Gasteiger partial charge in [0.25, 0.3) is 0 Å². The lowest BCUT2D eigenvalue weighted by atomic mass is 10.1. The highest BCUT2D eigenvalue weighted by Gasteiger charge is 2.20. The number of hydrogen-bond acceptors (Lipinski definition) is 2. The second kappa shape index (κ2) is 4.83. The first kappa shape index (κ1) is 10.0. The highest BCUT2D eigenvalue weighted by atomic mass is 16.5. The second-order valence-electron chi connectivity index (χ2n) is 3.77. The first-order valence-electron chi connectivity index (χ1n) is 5.09. The van der Waals surface area contributed by atoms with E-state index in [0.717, 1.165) is 13.2 Å². The monoisotopic (exact) mass is 171 g/mol. The fourth-order valence-corrected chi connectivity index (χ4v) is 1.81. The van der Waals surface area contributed by atoms with Crippen LogP contribution in [0.15, 0.2) is 0 Å². The summed E-state index contributed by atoms with van der Waals surface area (Å²) in [7, 11) is 0. The Labute approximate surface area is 75.9 Å². The molecule has 0 spiro atoms. The maximum Gasteiger partial charge on any atom is 0.0619 e. The molecule has 0 aromatic rings. The predicted molar refractivity (Wildman–Crippen MR) is 51.4 cm³/mol. The first-order valence-corrected chi connectivity index (χ1v) is 5.09. The predicted octanol–water partition coefficient (Wildman–Crippen LogP) is 1.90. The van der Waals surface area contributed by atoms with E-state index in [1.807, 2.05) is 0 Å². The molecule has 1 fully saturated rings. The van der Waals surface area contributed by atoms with E-state index < -0.39 is 0 Å². The minimum Gasteiger partial charge on any atom is -0.380 e. The van der Waals surface area contributed by atoms with E-state index in [2.05, 4.69) is 25.7 Å². The van der Waals surface area contributed by atoms with Crippen LogP contribution in [0.25, 0.3) is 0 Å². The zero-order valence-corrected chi connectivity index (χ0v) is 8.55. The van der Waals surface area contributed by atoms with Crippen LogP contribution in [-0.2, 0) is 4.74 Å². The van der Waals surface area contributed by atoms with Gasteiger partial charge in [0.05, 0.1) is 6.61 Å². The van der Waals surface area contributed by atoms with Crippen LogP contribution >= 0.6 is 0 Å². The molecule has 0 bridgehead atoms. The molecule has 0 radical (unpaired) electrons. The Kier molecular flexibility index (Phi) is 4.02. The van der Waals surface area contributed by atoms with Gasteiger partial charge in [-0.2, -0.15) is 0 Å². The van der Waals surface area contributed by atoms with Gasteiger partial charge in [-0.3, -0.25) is 4.90 Å². The van der Waals surface area contributed by atoms with Gasteiger partial charge >= 0.3 is 0 Å². The van der Waals surface area contributed by atoms with Gasteiger partial charge in [-0.1, -0.05) is 6.92 Å². The standard InChI is InChI=1S/C10H21NO/c1-4-9(2)11-6-5-7-12-8-10(11)3/h9-10H,4-8H2,1-3H3. The zero-order valence-electron chi connectivity index (χ0n) is 8.55. The summed E-state index contributed by atoms with van der Waals surface area (Å²) in [5, 5.41) is 0. The van der Waals surface area contributed by atoms with Gasteiger partial charge in [-0.15, -0.1) is 0 Å². The molecule has 0 aliphatic carbocycles. The Balaban J connectivity index is 2.46. The molecule has 2 unspecified atom stereocenters. The van der Waals surface area contributed by atoms with E-state index in [1.165, 1.54) is 19.4 Å². The van der Waals surface area contributed by atoms with Crippen LogP contribution in [0.5, 0.6) is 0 Å². The number of ether oxygens (including phenoxy) is 1. The maximum absolute atomic E-state index is 5.49. The molecule has 0 aromatic carbocycles. The fourth-order valence-electron chi connectivity index (χ4n) is 1.81. The van der Waals surface area contributed by atoms with Crippen molar-refractivity contribution < 1.29 is 4.74 Å². The van der Waals surface area contributed by atoms with Gasteiger partial charge < -0.3 is 4.74 Å². The van der Waals surface area contributed by atoms with Crippen molar-refractivity contribution in [1.29, 1.82) is 0 Å². The second-order valence-corrected chi connectivity index (χ2v) is 3.77. The summed E-state index contributed by atoms with van der Waals surface area (Å²) in [5.74, 6) is 0. The number of nitrogens with zero attached hydrogens (tertiary/aromatic N) is 1. The molecular weight excluding hydrogens is 150 g/mol. The summed E-state index contributed by atoms with van der Waals surface area (Å²) in [6.07, 6.45) is 2.43.